The lowest BCUT2D eigenvalue weighted by Crippen LogP contribution is -2.39. The third-order valence-corrected chi connectivity index (χ3v) is 4.55. The van der Waals surface area contributed by atoms with Crippen LogP contribution in [0.2, 0.25) is 0 Å². The van der Waals surface area contributed by atoms with Crippen molar-refractivity contribution in [1.29, 1.82) is 0 Å². The summed E-state index contributed by atoms with van der Waals surface area (Å²) in [5.41, 5.74) is 0.867. The fraction of sp³-hybridized carbons (Fsp3) is 0.364. The molecule has 0 saturated carbocycles. The quantitative estimate of drug-likeness (QED) is 0.822. The van der Waals surface area contributed by atoms with Crippen molar-refractivity contribution in [1.82, 2.24) is 4.72 Å². The molecule has 1 rings (SSSR count). The molecule has 1 unspecified atom stereocenters. The summed E-state index contributed by atoms with van der Waals surface area (Å²) in [5, 5.41) is 8.64. The molecule has 0 bridgehead atoms. The summed E-state index contributed by atoms with van der Waals surface area (Å²) in [6.07, 6.45) is 0.323. The predicted molar refractivity (Wildman–Crippen MR) is 71.9 cm³/mol. The van der Waals surface area contributed by atoms with Crippen LogP contribution in [0, 0.1) is 0 Å². The van der Waals surface area contributed by atoms with Crippen LogP contribution >= 0.6 is 15.9 Å². The Kier molecular flexibility index (Phi) is 5.30. The van der Waals surface area contributed by atoms with Gasteiger partial charge in [0.25, 0.3) is 0 Å². The van der Waals surface area contributed by atoms with Crippen LogP contribution in [-0.2, 0) is 21.2 Å². The Morgan fingerprint density at radius 2 is 2.06 bits per heavy atom. The van der Waals surface area contributed by atoms with E-state index in [0.717, 1.165) is 10.0 Å². The largest absolute Gasteiger partial charge is 0.480 e. The first-order chi connectivity index (χ1) is 8.32. The van der Waals surface area contributed by atoms with E-state index in [2.05, 4.69) is 20.7 Å². The molecular formula is C11H14BrNO4S. The molecule has 0 fully saturated rings. The third-order valence-electron chi connectivity index (χ3n) is 2.32. The number of nitrogens with one attached hydrogen (secondary N) is 1. The number of benzene rings is 1. The molecule has 100 valence electrons. The van der Waals surface area contributed by atoms with E-state index in [1.807, 2.05) is 24.3 Å². The van der Waals surface area contributed by atoms with Crippen LogP contribution in [0.4, 0.5) is 0 Å². The maximum atomic E-state index is 11.6. The Bertz CT molecular complexity index is 530. The van der Waals surface area contributed by atoms with Crippen molar-refractivity contribution >= 4 is 31.9 Å². The highest BCUT2D eigenvalue weighted by Crippen LogP contribution is 2.16. The average molecular weight is 336 g/mol. The molecule has 5 nitrogen and oxygen atoms in total. The van der Waals surface area contributed by atoms with E-state index < -0.39 is 22.0 Å². The second kappa shape index (κ2) is 6.31. The minimum Gasteiger partial charge on any atom is -0.480 e. The van der Waals surface area contributed by atoms with Gasteiger partial charge in [-0.2, -0.15) is 0 Å². The summed E-state index contributed by atoms with van der Waals surface area (Å²) >= 11 is 3.33. The van der Waals surface area contributed by atoms with E-state index in [1.54, 1.807) is 0 Å². The molecule has 7 heteroatoms. The Morgan fingerprint density at radius 1 is 1.44 bits per heavy atom. The van der Waals surface area contributed by atoms with Crippen LogP contribution in [-0.4, -0.2) is 31.3 Å². The number of sulfonamides is 1. The Labute approximate surface area is 114 Å². The second-order valence-corrected chi connectivity index (χ2v) is 6.57. The van der Waals surface area contributed by atoms with Gasteiger partial charge in [-0.25, -0.2) is 13.1 Å². The summed E-state index contributed by atoms with van der Waals surface area (Å²) in [5.74, 6) is -1.34. The SMILES string of the molecule is CC(NS(=O)(=O)CCc1ccccc1Br)C(=O)O. The molecule has 18 heavy (non-hydrogen) atoms. The summed E-state index contributed by atoms with van der Waals surface area (Å²) in [7, 11) is -3.59. The highest BCUT2D eigenvalue weighted by Gasteiger charge is 2.19. The smallest absolute Gasteiger partial charge is 0.321 e. The first-order valence-corrected chi connectivity index (χ1v) is 7.72. The summed E-state index contributed by atoms with van der Waals surface area (Å²) in [6, 6.07) is 6.19. The number of halogens is 1. The van der Waals surface area contributed by atoms with Crippen LogP contribution < -0.4 is 4.72 Å². The van der Waals surface area contributed by atoms with E-state index in [0.29, 0.717) is 6.42 Å². The van der Waals surface area contributed by atoms with E-state index in [-0.39, 0.29) is 5.75 Å². The van der Waals surface area contributed by atoms with Crippen LogP contribution in [0.15, 0.2) is 28.7 Å². The van der Waals surface area contributed by atoms with Gasteiger partial charge < -0.3 is 5.11 Å². The molecule has 0 radical (unpaired) electrons. The molecule has 0 aromatic heterocycles. The van der Waals surface area contributed by atoms with Gasteiger partial charge in [-0.3, -0.25) is 4.79 Å². The van der Waals surface area contributed by atoms with Crippen molar-refractivity contribution in [3.05, 3.63) is 34.3 Å². The molecule has 1 aromatic carbocycles. The zero-order chi connectivity index (χ0) is 13.8. The third kappa shape index (κ3) is 4.75. The van der Waals surface area contributed by atoms with Gasteiger partial charge in [0.1, 0.15) is 6.04 Å². The fourth-order valence-corrected chi connectivity index (χ4v) is 3.05. The molecular weight excluding hydrogens is 322 g/mol. The van der Waals surface area contributed by atoms with Gasteiger partial charge in [-0.05, 0) is 25.0 Å². The molecule has 0 spiro atoms. The number of aryl methyl sites for hydroxylation is 1. The van der Waals surface area contributed by atoms with Gasteiger partial charge in [0.2, 0.25) is 10.0 Å². The highest BCUT2D eigenvalue weighted by molar-refractivity contribution is 9.10. The van der Waals surface area contributed by atoms with Gasteiger partial charge in [0.05, 0.1) is 5.75 Å². The maximum absolute atomic E-state index is 11.6. The fourth-order valence-electron chi connectivity index (χ4n) is 1.32. The molecule has 0 aliphatic rings. The highest BCUT2D eigenvalue weighted by atomic mass is 79.9. The van der Waals surface area contributed by atoms with E-state index >= 15 is 0 Å². The lowest BCUT2D eigenvalue weighted by Gasteiger charge is -2.10. The van der Waals surface area contributed by atoms with E-state index in [9.17, 15) is 13.2 Å². The van der Waals surface area contributed by atoms with Gasteiger partial charge in [-0.15, -0.1) is 0 Å². The summed E-state index contributed by atoms with van der Waals surface area (Å²) in [6.45, 7) is 1.29. The van der Waals surface area contributed by atoms with Crippen molar-refractivity contribution < 1.29 is 18.3 Å². The summed E-state index contributed by atoms with van der Waals surface area (Å²) < 4.78 is 26.2. The molecule has 0 heterocycles. The standard InChI is InChI=1S/C11H14BrNO4S/c1-8(11(14)15)13-18(16,17)7-6-9-4-2-3-5-10(9)12/h2-5,8,13H,6-7H2,1H3,(H,14,15). The lowest BCUT2D eigenvalue weighted by molar-refractivity contribution is -0.138. The summed E-state index contributed by atoms with van der Waals surface area (Å²) in [4.78, 5) is 10.6. The lowest BCUT2D eigenvalue weighted by atomic mass is 10.2. The molecule has 0 aliphatic carbocycles. The van der Waals surface area contributed by atoms with Crippen LogP contribution in [0.1, 0.15) is 12.5 Å². The van der Waals surface area contributed by atoms with Crippen LogP contribution in [0.5, 0.6) is 0 Å². The van der Waals surface area contributed by atoms with Crippen molar-refractivity contribution in [3.63, 3.8) is 0 Å². The number of hydrogen-bond donors (Lipinski definition) is 2. The topological polar surface area (TPSA) is 83.5 Å². The monoisotopic (exact) mass is 335 g/mol. The van der Waals surface area contributed by atoms with Gasteiger partial charge >= 0.3 is 5.97 Å². The van der Waals surface area contributed by atoms with Crippen LogP contribution in [0.25, 0.3) is 0 Å². The number of carboxylic acid groups (broad SMARTS) is 1. The Morgan fingerprint density at radius 3 is 2.61 bits per heavy atom. The van der Waals surface area contributed by atoms with Gasteiger partial charge in [-0.1, -0.05) is 34.1 Å². The molecule has 0 aliphatic heterocycles. The zero-order valence-corrected chi connectivity index (χ0v) is 12.2. The van der Waals surface area contributed by atoms with Crippen molar-refractivity contribution in [2.45, 2.75) is 19.4 Å². The van der Waals surface area contributed by atoms with Crippen molar-refractivity contribution in [2.24, 2.45) is 0 Å². The second-order valence-electron chi connectivity index (χ2n) is 3.84. The predicted octanol–water partition coefficient (Wildman–Crippen LogP) is 1.38. The van der Waals surface area contributed by atoms with Crippen molar-refractivity contribution in [3.8, 4) is 0 Å². The maximum Gasteiger partial charge on any atom is 0.321 e. The van der Waals surface area contributed by atoms with E-state index in [1.165, 1.54) is 6.92 Å². The Balaban J connectivity index is 2.63. The number of rotatable bonds is 6. The zero-order valence-electron chi connectivity index (χ0n) is 9.76. The number of aliphatic carboxylic acids is 1. The number of carbonyl (C=O) groups is 1. The number of carboxylic acids is 1. The first kappa shape index (κ1) is 15.1. The molecule has 0 amide bonds. The number of hydrogen-bond acceptors (Lipinski definition) is 3. The normalized spacial score (nSPS) is 13.2. The van der Waals surface area contributed by atoms with Crippen LogP contribution in [0.3, 0.4) is 0 Å². The molecule has 0 saturated heterocycles. The minimum absolute atomic E-state index is 0.146. The van der Waals surface area contributed by atoms with Gasteiger partial charge in [0.15, 0.2) is 0 Å². The first-order valence-electron chi connectivity index (χ1n) is 5.28. The van der Waals surface area contributed by atoms with Crippen molar-refractivity contribution in [2.75, 3.05) is 5.75 Å². The van der Waals surface area contributed by atoms with Gasteiger partial charge in [0, 0.05) is 4.47 Å². The minimum atomic E-state index is -3.59. The van der Waals surface area contributed by atoms with E-state index in [4.69, 9.17) is 5.11 Å². The molecule has 1 aromatic rings. The molecule has 1 atom stereocenters. The molecule has 2 N–H and O–H groups in total. The average Bonchev–Trinajstić information content (AvgIpc) is 2.27. The Hall–Kier alpha value is -0.920.